The van der Waals surface area contributed by atoms with Crippen molar-refractivity contribution < 1.29 is 8.95 Å². The van der Waals surface area contributed by atoms with Gasteiger partial charge in [-0.1, -0.05) is 34.1 Å². The molecule has 0 aromatic heterocycles. The Morgan fingerprint density at radius 2 is 1.89 bits per heavy atom. The van der Waals surface area contributed by atoms with Crippen LogP contribution in [-0.2, 0) is 11.0 Å². The highest BCUT2D eigenvalue weighted by Crippen LogP contribution is 2.26. The van der Waals surface area contributed by atoms with Crippen LogP contribution in [0, 0.1) is 0 Å². The summed E-state index contributed by atoms with van der Waals surface area (Å²) in [6.45, 7) is 0. The number of benzene rings is 2. The van der Waals surface area contributed by atoms with Crippen LogP contribution in [0.1, 0.15) is 0 Å². The summed E-state index contributed by atoms with van der Waals surface area (Å²) < 4.78 is 21.2. The van der Waals surface area contributed by atoms with E-state index in [0.29, 0.717) is 10.6 Å². The number of nitrogens with one attached hydrogen (secondary N) is 1. The van der Waals surface area contributed by atoms with Gasteiger partial charge in [-0.05, 0) is 30.3 Å². The molecular formula is C13H12BrNO2S. The zero-order chi connectivity index (χ0) is 13.0. The molecule has 0 spiro atoms. The van der Waals surface area contributed by atoms with Gasteiger partial charge in [0.15, 0.2) is 11.0 Å². The monoisotopic (exact) mass is 325 g/mol. The maximum Gasteiger partial charge on any atom is 0.154 e. The average Bonchev–Trinajstić information content (AvgIpc) is 2.40. The summed E-state index contributed by atoms with van der Waals surface area (Å²) in [5.74, 6) is 0.597. The molecule has 2 rings (SSSR count). The summed E-state index contributed by atoms with van der Waals surface area (Å²) in [7, 11) is 0.201. The van der Waals surface area contributed by atoms with Crippen molar-refractivity contribution in [3.05, 3.63) is 53.0 Å². The molecule has 0 radical (unpaired) electrons. The first-order valence-electron chi connectivity index (χ1n) is 5.27. The molecule has 0 aliphatic carbocycles. The van der Waals surface area contributed by atoms with Gasteiger partial charge in [-0.3, -0.25) is 0 Å². The molecule has 1 N–H and O–H groups in total. The third-order valence-electron chi connectivity index (χ3n) is 2.31. The predicted molar refractivity (Wildman–Crippen MR) is 77.2 cm³/mol. The Balaban J connectivity index is 2.26. The molecule has 3 nitrogen and oxygen atoms in total. The SMILES string of the molecule is COc1ccc(Br)cc1S(=O)Nc1ccccc1. The highest BCUT2D eigenvalue weighted by Gasteiger charge is 2.11. The fourth-order valence-electron chi connectivity index (χ4n) is 1.46. The summed E-state index contributed by atoms with van der Waals surface area (Å²) in [6, 6.07) is 14.8. The van der Waals surface area contributed by atoms with Gasteiger partial charge in [-0.2, -0.15) is 0 Å². The number of rotatable bonds is 4. The molecule has 0 aliphatic rings. The van der Waals surface area contributed by atoms with E-state index in [-0.39, 0.29) is 0 Å². The number of anilines is 1. The van der Waals surface area contributed by atoms with Crippen molar-refractivity contribution in [2.24, 2.45) is 0 Å². The summed E-state index contributed by atoms with van der Waals surface area (Å²) in [4.78, 5) is 0.607. The van der Waals surface area contributed by atoms with Gasteiger partial charge >= 0.3 is 0 Å². The van der Waals surface area contributed by atoms with Gasteiger partial charge in [0.2, 0.25) is 0 Å². The zero-order valence-corrected chi connectivity index (χ0v) is 12.1. The fraction of sp³-hybridized carbons (Fsp3) is 0.0769. The van der Waals surface area contributed by atoms with Gasteiger partial charge < -0.3 is 9.46 Å². The van der Waals surface area contributed by atoms with E-state index in [9.17, 15) is 4.21 Å². The number of methoxy groups -OCH3 is 1. The Morgan fingerprint density at radius 1 is 1.17 bits per heavy atom. The Labute approximate surface area is 117 Å². The molecule has 1 unspecified atom stereocenters. The van der Waals surface area contributed by atoms with Crippen LogP contribution in [0.5, 0.6) is 5.75 Å². The molecule has 2 aromatic carbocycles. The van der Waals surface area contributed by atoms with Crippen LogP contribution in [0.25, 0.3) is 0 Å². The predicted octanol–water partition coefficient (Wildman–Crippen LogP) is 3.59. The van der Waals surface area contributed by atoms with Gasteiger partial charge in [0.05, 0.1) is 7.11 Å². The molecule has 94 valence electrons. The van der Waals surface area contributed by atoms with Crippen LogP contribution in [0.15, 0.2) is 57.9 Å². The number of halogens is 1. The van der Waals surface area contributed by atoms with Crippen LogP contribution in [0.4, 0.5) is 5.69 Å². The molecule has 18 heavy (non-hydrogen) atoms. The minimum absolute atomic E-state index is 0.597. The Kier molecular flexibility index (Phi) is 4.38. The third-order valence-corrected chi connectivity index (χ3v) is 3.94. The van der Waals surface area contributed by atoms with Gasteiger partial charge in [0.1, 0.15) is 10.6 Å². The molecule has 0 fully saturated rings. The second-order valence-electron chi connectivity index (χ2n) is 3.53. The van der Waals surface area contributed by atoms with Crippen molar-refractivity contribution in [3.63, 3.8) is 0 Å². The van der Waals surface area contributed by atoms with Crippen LogP contribution in [-0.4, -0.2) is 11.3 Å². The summed E-state index contributed by atoms with van der Waals surface area (Å²) in [5.41, 5.74) is 0.804. The molecule has 0 amide bonds. The van der Waals surface area contributed by atoms with E-state index in [1.807, 2.05) is 36.4 Å². The first-order chi connectivity index (χ1) is 8.70. The Morgan fingerprint density at radius 3 is 2.56 bits per heavy atom. The van der Waals surface area contributed by atoms with Crippen LogP contribution in [0.2, 0.25) is 0 Å². The van der Waals surface area contributed by atoms with Gasteiger partial charge in [-0.15, -0.1) is 0 Å². The molecule has 2 aromatic rings. The van der Waals surface area contributed by atoms with Crippen molar-refractivity contribution in [1.29, 1.82) is 0 Å². The van der Waals surface area contributed by atoms with Gasteiger partial charge in [0.25, 0.3) is 0 Å². The number of hydrogen-bond acceptors (Lipinski definition) is 2. The van der Waals surface area contributed by atoms with Crippen LogP contribution >= 0.6 is 15.9 Å². The van der Waals surface area contributed by atoms with E-state index in [2.05, 4.69) is 20.7 Å². The maximum absolute atomic E-state index is 12.2. The van der Waals surface area contributed by atoms with E-state index in [4.69, 9.17) is 4.74 Å². The molecular weight excluding hydrogens is 314 g/mol. The first-order valence-corrected chi connectivity index (χ1v) is 7.22. The largest absolute Gasteiger partial charge is 0.495 e. The smallest absolute Gasteiger partial charge is 0.154 e. The quantitative estimate of drug-likeness (QED) is 0.932. The lowest BCUT2D eigenvalue weighted by Gasteiger charge is -2.10. The lowest BCUT2D eigenvalue weighted by molar-refractivity contribution is 0.404. The van der Waals surface area contributed by atoms with Crippen LogP contribution in [0.3, 0.4) is 0 Å². The summed E-state index contributed by atoms with van der Waals surface area (Å²) >= 11 is 3.36. The molecule has 0 aliphatic heterocycles. The second kappa shape index (κ2) is 6.02. The van der Waals surface area contributed by atoms with E-state index in [1.54, 1.807) is 19.2 Å². The first kappa shape index (κ1) is 13.1. The van der Waals surface area contributed by atoms with Crippen molar-refractivity contribution >= 4 is 32.6 Å². The highest BCUT2D eigenvalue weighted by atomic mass is 79.9. The van der Waals surface area contributed by atoms with E-state index < -0.39 is 11.0 Å². The minimum atomic E-state index is -1.36. The van der Waals surface area contributed by atoms with Crippen molar-refractivity contribution in [2.45, 2.75) is 4.90 Å². The third kappa shape index (κ3) is 3.11. The van der Waals surface area contributed by atoms with Crippen molar-refractivity contribution in [1.82, 2.24) is 0 Å². The van der Waals surface area contributed by atoms with E-state index in [1.165, 1.54) is 0 Å². The highest BCUT2D eigenvalue weighted by molar-refractivity contribution is 9.10. The molecule has 0 heterocycles. The minimum Gasteiger partial charge on any atom is -0.495 e. The van der Waals surface area contributed by atoms with E-state index in [0.717, 1.165) is 10.2 Å². The Bertz CT molecular complexity index is 560. The number of hydrogen-bond donors (Lipinski definition) is 1. The second-order valence-corrected chi connectivity index (χ2v) is 5.63. The van der Waals surface area contributed by atoms with Crippen LogP contribution < -0.4 is 9.46 Å². The van der Waals surface area contributed by atoms with Crippen molar-refractivity contribution in [3.8, 4) is 5.75 Å². The molecule has 0 bridgehead atoms. The number of para-hydroxylation sites is 1. The lowest BCUT2D eigenvalue weighted by Crippen LogP contribution is -2.06. The standard InChI is InChI=1S/C13H12BrNO2S/c1-17-12-8-7-10(14)9-13(12)18(16)15-11-5-3-2-4-6-11/h2-9,15H,1H3. The van der Waals surface area contributed by atoms with E-state index >= 15 is 0 Å². The maximum atomic E-state index is 12.2. The molecule has 5 heteroatoms. The average molecular weight is 326 g/mol. The Hall–Kier alpha value is -1.33. The molecule has 0 saturated carbocycles. The summed E-state index contributed by atoms with van der Waals surface area (Å²) in [5, 5.41) is 0. The summed E-state index contributed by atoms with van der Waals surface area (Å²) in [6.07, 6.45) is 0. The van der Waals surface area contributed by atoms with Crippen molar-refractivity contribution in [2.75, 3.05) is 11.8 Å². The molecule has 0 saturated heterocycles. The van der Waals surface area contributed by atoms with Gasteiger partial charge in [0, 0.05) is 10.2 Å². The fourth-order valence-corrected chi connectivity index (χ4v) is 3.00. The topological polar surface area (TPSA) is 38.3 Å². The van der Waals surface area contributed by atoms with Gasteiger partial charge in [-0.25, -0.2) is 4.21 Å². The molecule has 1 atom stereocenters. The normalized spacial score (nSPS) is 11.9. The number of ether oxygens (including phenoxy) is 1. The lowest BCUT2D eigenvalue weighted by atomic mass is 10.3. The zero-order valence-electron chi connectivity index (χ0n) is 9.72.